The molecule has 6 nitrogen and oxygen atoms in total. The quantitative estimate of drug-likeness (QED) is 0.427. The predicted octanol–water partition coefficient (Wildman–Crippen LogP) is 0.848. The molecule has 3 N–H and O–H groups in total. The molecule has 0 amide bonds. The van der Waals surface area contributed by atoms with Gasteiger partial charge in [0.25, 0.3) is 0 Å². The molecule has 116 valence electrons. The van der Waals surface area contributed by atoms with E-state index in [0.29, 0.717) is 12.8 Å². The van der Waals surface area contributed by atoms with Crippen LogP contribution < -0.4 is 10.5 Å². The van der Waals surface area contributed by atoms with Crippen LogP contribution >= 0.6 is 12.2 Å². The molecular weight excluding hydrogens is 300 g/mol. The Kier molecular flexibility index (Phi) is 6.35. The number of rotatable bonds is 6. The summed E-state index contributed by atoms with van der Waals surface area (Å²) in [6.45, 7) is 1.77. The van der Waals surface area contributed by atoms with Crippen LogP contribution in [0.1, 0.15) is 45.4 Å². The Morgan fingerprint density at radius 3 is 2.30 bits per heavy atom. The van der Waals surface area contributed by atoms with E-state index >= 15 is 0 Å². The number of nitrogens with one attached hydrogen (secondary N) is 1. The van der Waals surface area contributed by atoms with Crippen LogP contribution in [0.4, 0.5) is 0 Å². The molecule has 0 aromatic carbocycles. The van der Waals surface area contributed by atoms with Crippen LogP contribution in [-0.2, 0) is 19.6 Å². The summed E-state index contributed by atoms with van der Waals surface area (Å²) in [5.74, 6) is -1.47. The molecule has 20 heavy (non-hydrogen) atoms. The minimum absolute atomic E-state index is 0.145. The summed E-state index contributed by atoms with van der Waals surface area (Å²) in [4.78, 5) is 11.5. The van der Waals surface area contributed by atoms with Gasteiger partial charge in [-0.2, -0.15) is 0 Å². The summed E-state index contributed by atoms with van der Waals surface area (Å²) in [6.07, 6.45) is 4.93. The number of carbonyl (C=O) groups is 1. The fraction of sp³-hybridized carbons (Fsp3) is 0.833. The second-order valence-corrected chi connectivity index (χ2v) is 7.19. The van der Waals surface area contributed by atoms with Crippen LogP contribution in [0.3, 0.4) is 0 Å². The number of hydrogen-bond acceptors (Lipinski definition) is 5. The first-order valence-corrected chi connectivity index (χ1v) is 8.84. The van der Waals surface area contributed by atoms with Gasteiger partial charge in [0.15, 0.2) is 5.75 Å². The van der Waals surface area contributed by atoms with E-state index in [1.165, 1.54) is 0 Å². The Morgan fingerprint density at radius 1 is 1.30 bits per heavy atom. The number of sulfonamides is 1. The van der Waals surface area contributed by atoms with Crippen molar-refractivity contribution in [2.75, 3.05) is 12.4 Å². The van der Waals surface area contributed by atoms with E-state index in [4.69, 9.17) is 18.0 Å². The molecule has 1 saturated carbocycles. The lowest BCUT2D eigenvalue weighted by Gasteiger charge is -2.32. The van der Waals surface area contributed by atoms with Crippen molar-refractivity contribution in [2.24, 2.45) is 5.73 Å². The molecule has 0 aliphatic heterocycles. The zero-order valence-electron chi connectivity index (χ0n) is 11.7. The molecule has 0 aromatic rings. The molecule has 0 spiro atoms. The average Bonchev–Trinajstić information content (AvgIpc) is 2.54. The first-order valence-electron chi connectivity index (χ1n) is 6.78. The van der Waals surface area contributed by atoms with Crippen LogP contribution in [0.15, 0.2) is 0 Å². The Balaban J connectivity index is 2.83. The van der Waals surface area contributed by atoms with Crippen molar-refractivity contribution in [3.05, 3.63) is 0 Å². The van der Waals surface area contributed by atoms with Crippen LogP contribution in [-0.4, -0.2) is 37.3 Å². The fourth-order valence-corrected chi connectivity index (χ4v) is 4.12. The van der Waals surface area contributed by atoms with Crippen molar-refractivity contribution in [1.82, 2.24) is 4.72 Å². The number of thiocarbonyl (C=S) groups is 1. The molecule has 1 aliphatic rings. The van der Waals surface area contributed by atoms with E-state index in [0.717, 1.165) is 25.7 Å². The molecule has 1 aliphatic carbocycles. The fourth-order valence-electron chi connectivity index (χ4n) is 2.42. The van der Waals surface area contributed by atoms with E-state index in [1.807, 2.05) is 0 Å². The van der Waals surface area contributed by atoms with E-state index in [9.17, 15) is 13.2 Å². The first-order chi connectivity index (χ1) is 9.31. The molecule has 1 fully saturated rings. The predicted molar refractivity (Wildman–Crippen MR) is 80.8 cm³/mol. The van der Waals surface area contributed by atoms with E-state index in [-0.39, 0.29) is 11.6 Å². The lowest BCUT2D eigenvalue weighted by molar-refractivity contribution is -0.139. The summed E-state index contributed by atoms with van der Waals surface area (Å²) in [6, 6.07) is 0. The molecule has 0 atom stereocenters. The van der Waals surface area contributed by atoms with Crippen molar-refractivity contribution >= 4 is 33.2 Å². The van der Waals surface area contributed by atoms with Gasteiger partial charge >= 0.3 is 5.97 Å². The van der Waals surface area contributed by atoms with Crippen molar-refractivity contribution < 1.29 is 17.9 Å². The van der Waals surface area contributed by atoms with Crippen molar-refractivity contribution in [2.45, 2.75) is 51.0 Å². The maximum Gasteiger partial charge on any atom is 0.322 e. The van der Waals surface area contributed by atoms with Gasteiger partial charge in [-0.3, -0.25) is 4.79 Å². The average molecular weight is 322 g/mol. The third-order valence-electron chi connectivity index (χ3n) is 3.39. The van der Waals surface area contributed by atoms with Gasteiger partial charge in [0.1, 0.15) is 0 Å². The maximum atomic E-state index is 12.1. The highest BCUT2D eigenvalue weighted by molar-refractivity contribution is 7.90. The lowest BCUT2D eigenvalue weighted by atomic mass is 9.91. The van der Waals surface area contributed by atoms with Gasteiger partial charge < -0.3 is 10.5 Å². The number of esters is 1. The van der Waals surface area contributed by atoms with Gasteiger partial charge in [0.2, 0.25) is 10.0 Å². The molecule has 0 heterocycles. The smallest absolute Gasteiger partial charge is 0.322 e. The van der Waals surface area contributed by atoms with E-state index < -0.39 is 27.3 Å². The van der Waals surface area contributed by atoms with Gasteiger partial charge in [-0.15, -0.1) is 0 Å². The van der Waals surface area contributed by atoms with Crippen LogP contribution in [0, 0.1) is 0 Å². The highest BCUT2D eigenvalue weighted by Gasteiger charge is 2.38. The number of ether oxygens (including phenoxy) is 1. The number of hydrogen-bond donors (Lipinski definition) is 2. The van der Waals surface area contributed by atoms with Crippen molar-refractivity contribution in [3.63, 3.8) is 0 Å². The minimum atomic E-state index is -3.81. The first kappa shape index (κ1) is 17.3. The SMILES string of the molecule is CCOC(=O)CS(=O)(=O)NC1(C(N)=S)CCCCCC1. The summed E-state index contributed by atoms with van der Waals surface area (Å²) >= 11 is 5.06. The molecule has 0 aromatic heterocycles. The molecule has 0 radical (unpaired) electrons. The minimum Gasteiger partial charge on any atom is -0.465 e. The maximum absolute atomic E-state index is 12.1. The summed E-state index contributed by atoms with van der Waals surface area (Å²) in [5, 5.41) is 0. The van der Waals surface area contributed by atoms with Crippen molar-refractivity contribution in [1.29, 1.82) is 0 Å². The lowest BCUT2D eigenvalue weighted by Crippen LogP contribution is -2.57. The van der Waals surface area contributed by atoms with E-state index in [1.54, 1.807) is 6.92 Å². The highest BCUT2D eigenvalue weighted by Crippen LogP contribution is 2.28. The van der Waals surface area contributed by atoms with Crippen LogP contribution in [0.5, 0.6) is 0 Å². The zero-order chi connectivity index (χ0) is 15.2. The Hall–Kier alpha value is -0.730. The second kappa shape index (κ2) is 7.33. The topological polar surface area (TPSA) is 98.5 Å². The largest absolute Gasteiger partial charge is 0.465 e. The van der Waals surface area contributed by atoms with Gasteiger partial charge in [-0.25, -0.2) is 13.1 Å². The van der Waals surface area contributed by atoms with Crippen molar-refractivity contribution in [3.8, 4) is 0 Å². The third-order valence-corrected chi connectivity index (χ3v) is 5.10. The monoisotopic (exact) mass is 322 g/mol. The summed E-state index contributed by atoms with van der Waals surface area (Å²) in [7, 11) is -3.81. The Bertz CT molecular complexity index is 454. The Labute approximate surface area is 125 Å². The van der Waals surface area contributed by atoms with Gasteiger partial charge in [0, 0.05) is 0 Å². The molecule has 8 heteroatoms. The molecule has 1 rings (SSSR count). The molecular formula is C12H22N2O4S2. The normalized spacial score (nSPS) is 19.1. The standard InChI is InChI=1S/C12H22N2O4S2/c1-2-18-10(15)9-20(16,17)14-12(11(13)19)7-5-3-4-6-8-12/h14H,2-9H2,1H3,(H2,13,19). The second-order valence-electron chi connectivity index (χ2n) is 5.03. The highest BCUT2D eigenvalue weighted by atomic mass is 32.2. The van der Waals surface area contributed by atoms with Gasteiger partial charge in [-0.1, -0.05) is 37.9 Å². The van der Waals surface area contributed by atoms with E-state index in [2.05, 4.69) is 9.46 Å². The molecule has 0 saturated heterocycles. The van der Waals surface area contributed by atoms with Crippen LogP contribution in [0.2, 0.25) is 0 Å². The molecule has 0 unspecified atom stereocenters. The van der Waals surface area contributed by atoms with Gasteiger partial charge in [-0.05, 0) is 19.8 Å². The summed E-state index contributed by atoms with van der Waals surface area (Å²) in [5.41, 5.74) is 4.85. The number of carbonyl (C=O) groups excluding carboxylic acids is 1. The van der Waals surface area contributed by atoms with Gasteiger partial charge in [0.05, 0.1) is 17.1 Å². The molecule has 0 bridgehead atoms. The number of nitrogens with two attached hydrogens (primary N) is 1. The summed E-state index contributed by atoms with van der Waals surface area (Å²) < 4.78 is 31.4. The Morgan fingerprint density at radius 2 is 1.85 bits per heavy atom. The zero-order valence-corrected chi connectivity index (χ0v) is 13.3. The van der Waals surface area contributed by atoms with Crippen LogP contribution in [0.25, 0.3) is 0 Å². The third kappa shape index (κ3) is 4.99.